The largest absolute Gasteiger partial charge is 0.481 e. The highest BCUT2D eigenvalue weighted by Crippen LogP contribution is 2.28. The van der Waals surface area contributed by atoms with Gasteiger partial charge in [0.05, 0.1) is 5.41 Å². The molecule has 18 heavy (non-hydrogen) atoms. The zero-order valence-electron chi connectivity index (χ0n) is 10.2. The molecule has 1 unspecified atom stereocenters. The molecule has 0 bridgehead atoms. The van der Waals surface area contributed by atoms with Crippen LogP contribution < -0.4 is 0 Å². The van der Waals surface area contributed by atoms with Gasteiger partial charge in [-0.05, 0) is 30.5 Å². The lowest BCUT2D eigenvalue weighted by Gasteiger charge is -2.25. The number of carboxylic acid groups (broad SMARTS) is 1. The van der Waals surface area contributed by atoms with Crippen LogP contribution in [0.15, 0.2) is 54.9 Å². The monoisotopic (exact) mass is 241 g/mol. The molecule has 2 aromatic rings. The highest BCUT2D eigenvalue weighted by molar-refractivity contribution is 5.81. The van der Waals surface area contributed by atoms with Crippen molar-refractivity contribution < 1.29 is 9.90 Å². The van der Waals surface area contributed by atoms with E-state index < -0.39 is 11.4 Å². The number of aromatic nitrogens is 1. The van der Waals surface area contributed by atoms with E-state index in [0.717, 1.165) is 11.1 Å². The van der Waals surface area contributed by atoms with E-state index in [2.05, 4.69) is 4.98 Å². The number of hydrogen-bond acceptors (Lipinski definition) is 2. The van der Waals surface area contributed by atoms with Gasteiger partial charge in [-0.3, -0.25) is 9.78 Å². The summed E-state index contributed by atoms with van der Waals surface area (Å²) in [5, 5.41) is 9.53. The summed E-state index contributed by atoms with van der Waals surface area (Å²) >= 11 is 0. The van der Waals surface area contributed by atoms with Crippen molar-refractivity contribution in [2.24, 2.45) is 0 Å². The molecule has 92 valence electrons. The van der Waals surface area contributed by atoms with Gasteiger partial charge in [-0.1, -0.05) is 36.4 Å². The molecule has 0 aliphatic carbocycles. The normalized spacial score (nSPS) is 13.8. The molecule has 3 heteroatoms. The number of benzene rings is 1. The van der Waals surface area contributed by atoms with Crippen molar-refractivity contribution in [3.05, 3.63) is 66.0 Å². The zero-order valence-corrected chi connectivity index (χ0v) is 10.2. The van der Waals surface area contributed by atoms with Gasteiger partial charge >= 0.3 is 5.97 Å². The van der Waals surface area contributed by atoms with Crippen molar-refractivity contribution in [2.75, 3.05) is 0 Å². The van der Waals surface area contributed by atoms with Crippen LogP contribution in [0.5, 0.6) is 0 Å². The van der Waals surface area contributed by atoms with Crippen molar-refractivity contribution in [3.63, 3.8) is 0 Å². The fraction of sp³-hybridized carbons (Fsp3) is 0.200. The smallest absolute Gasteiger partial charge is 0.314 e. The molecule has 3 nitrogen and oxygen atoms in total. The van der Waals surface area contributed by atoms with Crippen LogP contribution >= 0.6 is 0 Å². The summed E-state index contributed by atoms with van der Waals surface area (Å²) in [6.07, 6.45) is 3.83. The number of aliphatic carboxylic acids is 1. The summed E-state index contributed by atoms with van der Waals surface area (Å²) in [5.74, 6) is -0.822. The Morgan fingerprint density at radius 1 is 1.22 bits per heavy atom. The Morgan fingerprint density at radius 2 is 1.94 bits per heavy atom. The van der Waals surface area contributed by atoms with E-state index in [-0.39, 0.29) is 0 Å². The molecule has 0 saturated carbocycles. The average molecular weight is 241 g/mol. The Bertz CT molecular complexity index is 525. The van der Waals surface area contributed by atoms with Gasteiger partial charge in [-0.2, -0.15) is 0 Å². The molecule has 0 aliphatic rings. The topological polar surface area (TPSA) is 50.2 Å². The summed E-state index contributed by atoms with van der Waals surface area (Å²) in [6, 6.07) is 13.0. The van der Waals surface area contributed by atoms with Gasteiger partial charge in [0.25, 0.3) is 0 Å². The van der Waals surface area contributed by atoms with Crippen LogP contribution in [-0.4, -0.2) is 16.1 Å². The zero-order chi connectivity index (χ0) is 13.0. The van der Waals surface area contributed by atoms with Gasteiger partial charge in [0, 0.05) is 12.4 Å². The van der Waals surface area contributed by atoms with E-state index in [0.29, 0.717) is 6.42 Å². The van der Waals surface area contributed by atoms with Crippen molar-refractivity contribution in [3.8, 4) is 0 Å². The molecule has 0 aliphatic heterocycles. The van der Waals surface area contributed by atoms with Gasteiger partial charge in [0.1, 0.15) is 0 Å². The molecule has 1 aromatic heterocycles. The first-order chi connectivity index (χ1) is 8.63. The Morgan fingerprint density at radius 3 is 2.50 bits per heavy atom. The Balaban J connectivity index is 2.37. The molecular weight excluding hydrogens is 226 g/mol. The molecule has 2 rings (SSSR count). The first kappa shape index (κ1) is 12.3. The number of carboxylic acids is 1. The predicted octanol–water partition coefficient (Wildman–Crippen LogP) is 2.67. The molecule has 1 heterocycles. The molecule has 1 aromatic carbocycles. The van der Waals surface area contributed by atoms with Crippen LogP contribution in [0.1, 0.15) is 18.1 Å². The lowest BCUT2D eigenvalue weighted by atomic mass is 9.77. The third-order valence-electron chi connectivity index (χ3n) is 3.16. The highest BCUT2D eigenvalue weighted by Gasteiger charge is 2.35. The van der Waals surface area contributed by atoms with Crippen LogP contribution in [0.25, 0.3) is 0 Å². The Labute approximate surface area is 106 Å². The minimum absolute atomic E-state index is 0.431. The maximum atomic E-state index is 11.6. The van der Waals surface area contributed by atoms with E-state index in [1.54, 1.807) is 19.3 Å². The fourth-order valence-electron chi connectivity index (χ4n) is 2.02. The lowest BCUT2D eigenvalue weighted by molar-refractivity contribution is -0.143. The van der Waals surface area contributed by atoms with Crippen LogP contribution in [0.2, 0.25) is 0 Å². The molecule has 0 amide bonds. The maximum absolute atomic E-state index is 11.6. The van der Waals surface area contributed by atoms with Crippen molar-refractivity contribution >= 4 is 5.97 Å². The second kappa shape index (κ2) is 5.00. The van der Waals surface area contributed by atoms with Gasteiger partial charge < -0.3 is 5.11 Å². The van der Waals surface area contributed by atoms with Gasteiger partial charge in [0.15, 0.2) is 0 Å². The number of pyridine rings is 1. The molecule has 0 spiro atoms. The SMILES string of the molecule is CC(Cc1cccnc1)(C(=O)O)c1ccccc1. The standard InChI is InChI=1S/C15H15NO2/c1-15(14(17)18,13-7-3-2-4-8-13)10-12-6-5-9-16-11-12/h2-9,11H,10H2,1H3,(H,17,18). The fourth-order valence-corrected chi connectivity index (χ4v) is 2.02. The molecule has 0 fully saturated rings. The van der Waals surface area contributed by atoms with Crippen LogP contribution in [0.4, 0.5) is 0 Å². The van der Waals surface area contributed by atoms with Crippen molar-refractivity contribution in [1.82, 2.24) is 4.98 Å². The molecule has 0 saturated heterocycles. The van der Waals surface area contributed by atoms with E-state index >= 15 is 0 Å². The number of nitrogens with zero attached hydrogens (tertiary/aromatic N) is 1. The quantitative estimate of drug-likeness (QED) is 0.895. The molecule has 0 radical (unpaired) electrons. The van der Waals surface area contributed by atoms with Crippen molar-refractivity contribution in [1.29, 1.82) is 0 Å². The minimum atomic E-state index is -0.926. The number of carbonyl (C=O) groups is 1. The van der Waals surface area contributed by atoms with Crippen LogP contribution in [0, 0.1) is 0 Å². The first-order valence-electron chi connectivity index (χ1n) is 5.81. The van der Waals surface area contributed by atoms with Gasteiger partial charge in [-0.25, -0.2) is 0 Å². The summed E-state index contributed by atoms with van der Waals surface area (Å²) in [6.45, 7) is 1.75. The number of hydrogen-bond donors (Lipinski definition) is 1. The summed E-state index contributed by atoms with van der Waals surface area (Å²) < 4.78 is 0. The Hall–Kier alpha value is -2.16. The average Bonchev–Trinajstić information content (AvgIpc) is 2.40. The lowest BCUT2D eigenvalue weighted by Crippen LogP contribution is -2.34. The van der Waals surface area contributed by atoms with Gasteiger partial charge in [-0.15, -0.1) is 0 Å². The maximum Gasteiger partial charge on any atom is 0.314 e. The van der Waals surface area contributed by atoms with E-state index in [4.69, 9.17) is 0 Å². The number of rotatable bonds is 4. The van der Waals surface area contributed by atoms with E-state index in [1.807, 2.05) is 42.5 Å². The predicted molar refractivity (Wildman–Crippen MR) is 69.4 cm³/mol. The van der Waals surface area contributed by atoms with Crippen LogP contribution in [0.3, 0.4) is 0 Å². The molecular formula is C15H15NO2. The second-order valence-electron chi connectivity index (χ2n) is 4.54. The van der Waals surface area contributed by atoms with Crippen LogP contribution in [-0.2, 0) is 16.6 Å². The highest BCUT2D eigenvalue weighted by atomic mass is 16.4. The molecule has 1 atom stereocenters. The second-order valence-corrected chi connectivity index (χ2v) is 4.54. The van der Waals surface area contributed by atoms with E-state index in [1.165, 1.54) is 0 Å². The van der Waals surface area contributed by atoms with Crippen molar-refractivity contribution in [2.45, 2.75) is 18.8 Å². The third-order valence-corrected chi connectivity index (χ3v) is 3.16. The first-order valence-corrected chi connectivity index (χ1v) is 5.81. The Kier molecular flexibility index (Phi) is 3.42. The summed E-state index contributed by atoms with van der Waals surface area (Å²) in [4.78, 5) is 15.6. The summed E-state index contributed by atoms with van der Waals surface area (Å²) in [7, 11) is 0. The van der Waals surface area contributed by atoms with Gasteiger partial charge in [0.2, 0.25) is 0 Å². The van der Waals surface area contributed by atoms with E-state index in [9.17, 15) is 9.90 Å². The third kappa shape index (κ3) is 2.40. The summed E-state index contributed by atoms with van der Waals surface area (Å²) in [5.41, 5.74) is 0.803. The minimum Gasteiger partial charge on any atom is -0.481 e. The molecule has 1 N–H and O–H groups in total.